The van der Waals surface area contributed by atoms with Crippen LogP contribution in [0.2, 0.25) is 0 Å². The highest BCUT2D eigenvalue weighted by atomic mass is 32.7. The Balaban J connectivity index is 4.62. The van der Waals surface area contributed by atoms with E-state index in [9.17, 15) is 9.36 Å². The lowest BCUT2D eigenvalue weighted by molar-refractivity contribution is -0.148. The Labute approximate surface area is 138 Å². The molecular formula is C14H30NO5PS. The minimum atomic E-state index is -3.37. The number of hydrogen-bond acceptors (Lipinski definition) is 7. The largest absolute Gasteiger partial charge is 0.463 e. The van der Waals surface area contributed by atoms with Crippen LogP contribution in [0.5, 0.6) is 0 Å². The molecule has 0 aromatic rings. The molecular weight excluding hydrogens is 325 g/mol. The second kappa shape index (κ2) is 7.67. The summed E-state index contributed by atoms with van der Waals surface area (Å²) in [6.07, 6.45) is 0. The average Bonchev–Trinajstić information content (AvgIpc) is 2.16. The van der Waals surface area contributed by atoms with Crippen molar-refractivity contribution in [3.05, 3.63) is 0 Å². The van der Waals surface area contributed by atoms with Crippen LogP contribution in [-0.2, 0) is 23.1 Å². The summed E-state index contributed by atoms with van der Waals surface area (Å²) >= 11 is 1.02. The van der Waals surface area contributed by atoms with E-state index in [0.29, 0.717) is 5.75 Å². The van der Waals surface area contributed by atoms with Crippen LogP contribution in [0.1, 0.15) is 55.4 Å². The van der Waals surface area contributed by atoms with Gasteiger partial charge in [0.05, 0.1) is 11.2 Å². The number of carbonyl (C=O) groups excluding carboxylic acids is 1. The first kappa shape index (κ1) is 21.9. The van der Waals surface area contributed by atoms with E-state index >= 15 is 0 Å². The van der Waals surface area contributed by atoms with Gasteiger partial charge in [-0.15, -0.1) is 0 Å². The Morgan fingerprint density at radius 2 is 1.41 bits per heavy atom. The van der Waals surface area contributed by atoms with Crippen LogP contribution in [0.4, 0.5) is 0 Å². The molecule has 0 fully saturated rings. The van der Waals surface area contributed by atoms with Gasteiger partial charge in [-0.05, 0) is 66.8 Å². The molecule has 6 nitrogen and oxygen atoms in total. The van der Waals surface area contributed by atoms with Crippen LogP contribution in [0.3, 0.4) is 0 Å². The smallest absolute Gasteiger partial charge is 0.390 e. The van der Waals surface area contributed by atoms with Crippen LogP contribution in [0.15, 0.2) is 0 Å². The molecule has 0 rings (SSSR count). The average molecular weight is 355 g/mol. The van der Waals surface area contributed by atoms with Crippen molar-refractivity contribution in [2.24, 2.45) is 5.73 Å². The summed E-state index contributed by atoms with van der Waals surface area (Å²) in [7, 11) is 0. The van der Waals surface area contributed by atoms with Gasteiger partial charge >= 0.3 is 12.8 Å². The van der Waals surface area contributed by atoms with E-state index < -0.39 is 29.5 Å². The predicted octanol–water partition coefficient (Wildman–Crippen LogP) is 3.74. The van der Waals surface area contributed by atoms with Gasteiger partial charge in [-0.25, -0.2) is 4.57 Å². The Bertz CT molecular complexity index is 400. The maximum Gasteiger partial charge on any atom is 0.390 e. The SMILES string of the molecule is CC(C)(C)OP(=O)(OC(C)(C)C)SCCOC(=O)C(C)(C)N. The molecule has 0 bridgehead atoms. The van der Waals surface area contributed by atoms with Crippen LogP contribution in [0.25, 0.3) is 0 Å². The fraction of sp³-hybridized carbons (Fsp3) is 0.929. The summed E-state index contributed by atoms with van der Waals surface area (Å²) in [5.41, 5.74) is 3.37. The highest BCUT2D eigenvalue weighted by Crippen LogP contribution is 2.64. The molecule has 0 spiro atoms. The van der Waals surface area contributed by atoms with Crippen LogP contribution < -0.4 is 5.73 Å². The van der Waals surface area contributed by atoms with Gasteiger partial charge in [-0.2, -0.15) is 0 Å². The fourth-order valence-electron chi connectivity index (χ4n) is 1.21. The van der Waals surface area contributed by atoms with E-state index in [1.54, 1.807) is 13.8 Å². The number of hydrogen-bond donors (Lipinski definition) is 1. The first-order chi connectivity index (χ1) is 9.54. The van der Waals surface area contributed by atoms with Crippen molar-refractivity contribution in [2.45, 2.75) is 72.1 Å². The van der Waals surface area contributed by atoms with Crippen LogP contribution >= 0.6 is 18.2 Å². The van der Waals surface area contributed by atoms with Gasteiger partial charge in [0.25, 0.3) is 0 Å². The van der Waals surface area contributed by atoms with Gasteiger partial charge in [-0.3, -0.25) is 13.8 Å². The van der Waals surface area contributed by atoms with Crippen molar-refractivity contribution < 1.29 is 23.1 Å². The zero-order valence-corrected chi connectivity index (χ0v) is 16.6. The molecule has 0 saturated heterocycles. The molecule has 0 amide bonds. The van der Waals surface area contributed by atoms with Crippen LogP contribution in [-0.4, -0.2) is 35.1 Å². The minimum absolute atomic E-state index is 0.0924. The first-order valence-corrected chi connectivity index (χ1v) is 10.3. The summed E-state index contributed by atoms with van der Waals surface area (Å²) in [5.74, 6) is -0.206. The monoisotopic (exact) mass is 355 g/mol. The summed E-state index contributed by atoms with van der Waals surface area (Å²) in [4.78, 5) is 11.6. The molecule has 0 atom stereocenters. The number of nitrogens with two attached hydrogens (primary N) is 1. The normalized spacial score (nSPS) is 14.0. The highest BCUT2D eigenvalue weighted by molar-refractivity contribution is 8.55. The van der Waals surface area contributed by atoms with Crippen molar-refractivity contribution in [2.75, 3.05) is 12.4 Å². The van der Waals surface area contributed by atoms with Gasteiger partial charge in [0.1, 0.15) is 12.1 Å². The lowest BCUT2D eigenvalue weighted by atomic mass is 10.1. The third-order valence-corrected chi connectivity index (χ3v) is 6.02. The molecule has 0 aliphatic heterocycles. The first-order valence-electron chi connectivity index (χ1n) is 7.16. The number of ether oxygens (including phenoxy) is 1. The summed E-state index contributed by atoms with van der Waals surface area (Å²) in [6.45, 7) is 10.7. The van der Waals surface area contributed by atoms with Gasteiger partial charge < -0.3 is 10.5 Å². The molecule has 0 heterocycles. The van der Waals surface area contributed by atoms with Gasteiger partial charge in [0, 0.05) is 5.75 Å². The third kappa shape index (κ3) is 10.6. The van der Waals surface area contributed by atoms with E-state index in [2.05, 4.69) is 0 Å². The Hall–Kier alpha value is -0.0700. The third-order valence-electron chi connectivity index (χ3n) is 1.86. The topological polar surface area (TPSA) is 87.9 Å². The molecule has 0 unspecified atom stereocenters. The molecule has 8 heteroatoms. The van der Waals surface area contributed by atoms with Crippen molar-refractivity contribution in [3.8, 4) is 0 Å². The summed E-state index contributed by atoms with van der Waals surface area (Å²) in [5, 5.41) is 0. The van der Waals surface area contributed by atoms with E-state index in [0.717, 1.165) is 11.4 Å². The van der Waals surface area contributed by atoms with Crippen LogP contribution in [0, 0.1) is 0 Å². The van der Waals surface area contributed by atoms with E-state index in [1.807, 2.05) is 41.5 Å². The lowest BCUT2D eigenvalue weighted by Gasteiger charge is -2.31. The number of rotatable bonds is 7. The molecule has 0 aromatic heterocycles. The standard InChI is InChI=1S/C14H30NO5PS/c1-12(2,3)19-21(17,20-13(4,5)6)22-10-9-18-11(16)14(7,8)15/h9-10,15H2,1-8H3. The lowest BCUT2D eigenvalue weighted by Crippen LogP contribution is -2.43. The van der Waals surface area contributed by atoms with Crippen molar-refractivity contribution in [1.82, 2.24) is 0 Å². The van der Waals surface area contributed by atoms with E-state index in [4.69, 9.17) is 19.5 Å². The van der Waals surface area contributed by atoms with Gasteiger partial charge in [0.15, 0.2) is 0 Å². The zero-order valence-electron chi connectivity index (χ0n) is 14.9. The molecule has 2 N–H and O–H groups in total. The molecule has 0 aliphatic carbocycles. The molecule has 132 valence electrons. The van der Waals surface area contributed by atoms with Gasteiger partial charge in [-0.1, -0.05) is 0 Å². The zero-order chi connectivity index (χ0) is 17.8. The maximum absolute atomic E-state index is 12.8. The van der Waals surface area contributed by atoms with Gasteiger partial charge in [0.2, 0.25) is 0 Å². The second-order valence-corrected chi connectivity index (χ2v) is 11.6. The molecule has 0 aliphatic rings. The van der Waals surface area contributed by atoms with Crippen molar-refractivity contribution in [1.29, 1.82) is 0 Å². The van der Waals surface area contributed by atoms with Crippen molar-refractivity contribution in [3.63, 3.8) is 0 Å². The second-order valence-electron chi connectivity index (χ2n) is 7.55. The fourth-order valence-corrected chi connectivity index (χ4v) is 5.63. The Morgan fingerprint density at radius 1 is 1.00 bits per heavy atom. The number of carbonyl (C=O) groups is 1. The summed E-state index contributed by atoms with van der Waals surface area (Å²) < 4.78 is 29.1. The molecule has 22 heavy (non-hydrogen) atoms. The van der Waals surface area contributed by atoms with E-state index in [-0.39, 0.29) is 6.61 Å². The minimum Gasteiger partial charge on any atom is -0.463 e. The maximum atomic E-state index is 12.8. The molecule has 0 radical (unpaired) electrons. The highest BCUT2D eigenvalue weighted by Gasteiger charge is 2.36. The quantitative estimate of drug-likeness (QED) is 0.423. The number of esters is 1. The Morgan fingerprint density at radius 3 is 1.73 bits per heavy atom. The predicted molar refractivity (Wildman–Crippen MR) is 91.0 cm³/mol. The van der Waals surface area contributed by atoms with E-state index in [1.165, 1.54) is 0 Å². The van der Waals surface area contributed by atoms with Crippen molar-refractivity contribution >= 4 is 24.1 Å². The molecule has 0 aromatic carbocycles. The summed E-state index contributed by atoms with van der Waals surface area (Å²) in [6, 6.07) is 0. The Kier molecular flexibility index (Phi) is 7.64. The molecule has 0 saturated carbocycles.